The van der Waals surface area contributed by atoms with Crippen LogP contribution in [0, 0.1) is 6.92 Å². The van der Waals surface area contributed by atoms with Crippen LogP contribution in [0.3, 0.4) is 0 Å². The molecule has 0 radical (unpaired) electrons. The van der Waals surface area contributed by atoms with Crippen molar-refractivity contribution >= 4 is 16.9 Å². The lowest BCUT2D eigenvalue weighted by atomic mass is 9.96. The highest BCUT2D eigenvalue weighted by atomic mass is 16.1. The minimum absolute atomic E-state index is 0.445. The van der Waals surface area contributed by atoms with Crippen LogP contribution < -0.4 is 5.73 Å². The van der Waals surface area contributed by atoms with Crippen LogP contribution in [0.15, 0.2) is 67.0 Å². The van der Waals surface area contributed by atoms with Crippen molar-refractivity contribution in [2.24, 2.45) is 12.8 Å². The number of fused-ring (bicyclic) bond motifs is 1. The fourth-order valence-corrected chi connectivity index (χ4v) is 3.32. The molecular formula is C22H19N3O. The zero-order chi connectivity index (χ0) is 18.3. The maximum Gasteiger partial charge on any atom is 0.250 e. The molecule has 0 fully saturated rings. The average Bonchev–Trinajstić information content (AvgIpc) is 3.02. The number of benzene rings is 3. The fraction of sp³-hybridized carbons (Fsp3) is 0.0909. The quantitative estimate of drug-likeness (QED) is 0.603. The second-order valence-electron chi connectivity index (χ2n) is 6.50. The third-order valence-corrected chi connectivity index (χ3v) is 4.77. The van der Waals surface area contributed by atoms with Crippen LogP contribution >= 0.6 is 0 Å². The number of hydrogen-bond donors (Lipinski definition) is 1. The monoisotopic (exact) mass is 341 g/mol. The van der Waals surface area contributed by atoms with Gasteiger partial charge in [-0.3, -0.25) is 4.79 Å². The zero-order valence-electron chi connectivity index (χ0n) is 14.7. The number of aromatic nitrogens is 2. The lowest BCUT2D eigenvalue weighted by Crippen LogP contribution is -2.11. The molecule has 128 valence electrons. The molecule has 4 heteroatoms. The number of carbonyl (C=O) groups is 1. The number of rotatable bonds is 3. The number of carbonyl (C=O) groups excluding carboxylic acids is 1. The van der Waals surface area contributed by atoms with Crippen molar-refractivity contribution in [3.63, 3.8) is 0 Å². The lowest BCUT2D eigenvalue weighted by molar-refractivity contribution is 0.100. The molecule has 3 aromatic carbocycles. The molecule has 26 heavy (non-hydrogen) atoms. The Hall–Kier alpha value is -3.40. The first-order valence-electron chi connectivity index (χ1n) is 8.46. The first-order valence-corrected chi connectivity index (χ1v) is 8.46. The highest BCUT2D eigenvalue weighted by Crippen LogP contribution is 2.30. The molecule has 4 aromatic rings. The Labute approximate surface area is 151 Å². The Balaban J connectivity index is 1.82. The van der Waals surface area contributed by atoms with E-state index in [1.165, 1.54) is 16.7 Å². The molecule has 0 bridgehead atoms. The normalized spacial score (nSPS) is 11.0. The Morgan fingerprint density at radius 2 is 1.65 bits per heavy atom. The molecule has 1 heterocycles. The van der Waals surface area contributed by atoms with Crippen LogP contribution in [-0.2, 0) is 7.05 Å². The summed E-state index contributed by atoms with van der Waals surface area (Å²) in [4.78, 5) is 16.2. The summed E-state index contributed by atoms with van der Waals surface area (Å²) < 4.78 is 1.90. The van der Waals surface area contributed by atoms with Crippen LogP contribution in [0.4, 0.5) is 0 Å². The molecule has 0 spiro atoms. The van der Waals surface area contributed by atoms with Gasteiger partial charge < -0.3 is 10.3 Å². The molecule has 0 atom stereocenters. The summed E-state index contributed by atoms with van der Waals surface area (Å²) in [5, 5.41) is 0. The van der Waals surface area contributed by atoms with Crippen molar-refractivity contribution in [3.05, 3.63) is 78.1 Å². The van der Waals surface area contributed by atoms with Crippen molar-refractivity contribution in [3.8, 4) is 22.3 Å². The third-order valence-electron chi connectivity index (χ3n) is 4.77. The number of amides is 1. The smallest absolute Gasteiger partial charge is 0.250 e. The summed E-state index contributed by atoms with van der Waals surface area (Å²) in [7, 11) is 1.91. The van der Waals surface area contributed by atoms with Crippen molar-refractivity contribution in [1.82, 2.24) is 9.55 Å². The second-order valence-corrected chi connectivity index (χ2v) is 6.50. The summed E-state index contributed by atoms with van der Waals surface area (Å²) in [6.45, 7) is 2.11. The number of imidazole rings is 1. The molecule has 0 aliphatic heterocycles. The van der Waals surface area contributed by atoms with Gasteiger partial charge in [0, 0.05) is 7.05 Å². The highest BCUT2D eigenvalue weighted by Gasteiger charge is 2.13. The number of hydrogen-bond acceptors (Lipinski definition) is 2. The molecule has 0 aliphatic rings. The summed E-state index contributed by atoms with van der Waals surface area (Å²) in [5.41, 5.74) is 13.2. The minimum atomic E-state index is -0.466. The molecular weight excluding hydrogens is 322 g/mol. The summed E-state index contributed by atoms with van der Waals surface area (Å²) in [5.74, 6) is -0.466. The van der Waals surface area contributed by atoms with E-state index in [2.05, 4.69) is 48.3 Å². The number of nitrogens with two attached hydrogens (primary N) is 1. The van der Waals surface area contributed by atoms with E-state index in [0.717, 1.165) is 16.6 Å². The van der Waals surface area contributed by atoms with Crippen LogP contribution in [0.1, 0.15) is 15.9 Å². The van der Waals surface area contributed by atoms with Gasteiger partial charge in [-0.1, -0.05) is 48.5 Å². The molecule has 1 amide bonds. The Morgan fingerprint density at radius 1 is 0.962 bits per heavy atom. The summed E-state index contributed by atoms with van der Waals surface area (Å²) in [6.07, 6.45) is 1.70. The van der Waals surface area contributed by atoms with E-state index in [4.69, 9.17) is 5.73 Å². The van der Waals surface area contributed by atoms with Gasteiger partial charge in [0.2, 0.25) is 0 Å². The number of aryl methyl sites for hydroxylation is 2. The van der Waals surface area contributed by atoms with E-state index in [9.17, 15) is 4.79 Å². The Morgan fingerprint density at radius 3 is 2.35 bits per heavy atom. The van der Waals surface area contributed by atoms with Gasteiger partial charge in [0.25, 0.3) is 5.91 Å². The van der Waals surface area contributed by atoms with E-state index >= 15 is 0 Å². The molecule has 2 N–H and O–H groups in total. The van der Waals surface area contributed by atoms with Crippen molar-refractivity contribution < 1.29 is 4.79 Å². The van der Waals surface area contributed by atoms with Crippen molar-refractivity contribution in [1.29, 1.82) is 0 Å². The molecule has 0 aliphatic carbocycles. The van der Waals surface area contributed by atoms with Crippen molar-refractivity contribution in [2.45, 2.75) is 6.92 Å². The van der Waals surface area contributed by atoms with Gasteiger partial charge in [-0.15, -0.1) is 0 Å². The summed E-state index contributed by atoms with van der Waals surface area (Å²) in [6, 6.07) is 20.5. The van der Waals surface area contributed by atoms with E-state index in [0.29, 0.717) is 11.1 Å². The molecule has 4 nitrogen and oxygen atoms in total. The van der Waals surface area contributed by atoms with Crippen LogP contribution in [0.5, 0.6) is 0 Å². The van der Waals surface area contributed by atoms with Gasteiger partial charge in [0.1, 0.15) is 5.52 Å². The lowest BCUT2D eigenvalue weighted by Gasteiger charge is -2.09. The minimum Gasteiger partial charge on any atom is -0.366 e. The third kappa shape index (κ3) is 2.65. The molecule has 4 rings (SSSR count). The van der Waals surface area contributed by atoms with Crippen LogP contribution in [0.2, 0.25) is 0 Å². The molecule has 0 saturated heterocycles. The molecule has 1 aromatic heterocycles. The topological polar surface area (TPSA) is 60.9 Å². The van der Waals surface area contributed by atoms with Gasteiger partial charge in [-0.25, -0.2) is 4.98 Å². The standard InChI is InChI=1S/C22H19N3O/c1-14-5-3-4-6-18(14)16-9-7-15(8-10-16)17-11-19(22(23)26)21-20(12-17)25(2)13-24-21/h3-13H,1-2H3,(H2,23,26). The molecule has 0 saturated carbocycles. The fourth-order valence-electron chi connectivity index (χ4n) is 3.32. The van der Waals surface area contributed by atoms with Crippen LogP contribution in [0.25, 0.3) is 33.3 Å². The average molecular weight is 341 g/mol. The first-order chi connectivity index (χ1) is 12.5. The van der Waals surface area contributed by atoms with Gasteiger partial charge >= 0.3 is 0 Å². The van der Waals surface area contributed by atoms with E-state index in [1.54, 1.807) is 6.33 Å². The van der Waals surface area contributed by atoms with Gasteiger partial charge in [-0.2, -0.15) is 0 Å². The number of primary amides is 1. The predicted octanol–water partition coefficient (Wildman–Crippen LogP) is 4.31. The maximum atomic E-state index is 11.9. The Bertz CT molecular complexity index is 1120. The highest BCUT2D eigenvalue weighted by molar-refractivity contribution is 6.06. The first kappa shape index (κ1) is 16.1. The van der Waals surface area contributed by atoms with E-state index in [-0.39, 0.29) is 0 Å². The van der Waals surface area contributed by atoms with Crippen LogP contribution in [-0.4, -0.2) is 15.5 Å². The Kier molecular flexibility index (Phi) is 3.81. The zero-order valence-corrected chi connectivity index (χ0v) is 14.7. The van der Waals surface area contributed by atoms with Crippen molar-refractivity contribution in [2.75, 3.05) is 0 Å². The predicted molar refractivity (Wildman–Crippen MR) is 105 cm³/mol. The SMILES string of the molecule is Cc1ccccc1-c1ccc(-c2cc(C(N)=O)c3ncn(C)c3c2)cc1. The second kappa shape index (κ2) is 6.15. The summed E-state index contributed by atoms with van der Waals surface area (Å²) >= 11 is 0. The number of nitrogens with zero attached hydrogens (tertiary/aromatic N) is 2. The van der Waals surface area contributed by atoms with E-state index < -0.39 is 5.91 Å². The maximum absolute atomic E-state index is 11.9. The van der Waals surface area contributed by atoms with Gasteiger partial charge in [0.15, 0.2) is 0 Å². The van der Waals surface area contributed by atoms with Gasteiger partial charge in [-0.05, 0) is 46.9 Å². The van der Waals surface area contributed by atoms with Gasteiger partial charge in [0.05, 0.1) is 17.4 Å². The largest absolute Gasteiger partial charge is 0.366 e. The van der Waals surface area contributed by atoms with E-state index in [1.807, 2.05) is 35.9 Å². The molecule has 0 unspecified atom stereocenters.